The van der Waals surface area contributed by atoms with Crippen LogP contribution in [0.1, 0.15) is 172 Å². The maximum Gasteiger partial charge on any atom is 0.00699 e. The Labute approximate surface area is 283 Å². The molecule has 8 unspecified atom stereocenters. The highest BCUT2D eigenvalue weighted by atomic mass is 14.7. The van der Waals surface area contributed by atoms with Gasteiger partial charge in [0.25, 0.3) is 0 Å². The molecule has 5 aliphatic carbocycles. The first kappa shape index (κ1) is 36.2. The molecule has 0 radical (unpaired) electrons. The Balaban J connectivity index is 1.14. The molecular weight excluding hydrogens is 542 g/mol. The van der Waals surface area contributed by atoms with E-state index in [-0.39, 0.29) is 0 Å². The lowest BCUT2D eigenvalue weighted by Gasteiger charge is -2.55. The van der Waals surface area contributed by atoms with E-state index in [4.69, 9.17) is 5.73 Å². The average Bonchev–Trinajstić information content (AvgIpc) is 3.37. The van der Waals surface area contributed by atoms with Crippen LogP contribution >= 0.6 is 0 Å². The van der Waals surface area contributed by atoms with Gasteiger partial charge in [-0.15, -0.1) is 0 Å². The minimum atomic E-state index is 0.428. The first-order chi connectivity index (χ1) is 21.4. The third kappa shape index (κ3) is 7.59. The fraction of sp³-hybridized carbons (Fsp3) is 1.00. The molecule has 16 atom stereocenters. The van der Waals surface area contributed by atoms with E-state index in [0.717, 1.165) is 94.7 Å². The maximum atomic E-state index is 7.02. The Morgan fingerprint density at radius 1 is 0.644 bits per heavy atom. The van der Waals surface area contributed by atoms with E-state index >= 15 is 0 Å². The van der Waals surface area contributed by atoms with E-state index in [1.165, 1.54) is 77.0 Å². The smallest absolute Gasteiger partial charge is 0.00699 e. The van der Waals surface area contributed by atoms with Gasteiger partial charge in [-0.05, 0) is 151 Å². The van der Waals surface area contributed by atoms with Crippen molar-refractivity contribution in [2.75, 3.05) is 0 Å². The summed E-state index contributed by atoms with van der Waals surface area (Å²) in [6.07, 6.45) is 23.0. The topological polar surface area (TPSA) is 26.0 Å². The van der Waals surface area contributed by atoms with Crippen LogP contribution in [0.2, 0.25) is 0 Å². The molecule has 0 bridgehead atoms. The fourth-order valence-electron chi connectivity index (χ4n) is 13.6. The Morgan fingerprint density at radius 3 is 1.96 bits per heavy atom. The van der Waals surface area contributed by atoms with E-state index in [0.29, 0.717) is 11.5 Å². The van der Waals surface area contributed by atoms with Gasteiger partial charge in [0.15, 0.2) is 0 Å². The van der Waals surface area contributed by atoms with Crippen LogP contribution < -0.4 is 5.73 Å². The van der Waals surface area contributed by atoms with E-state index in [9.17, 15) is 0 Å². The molecule has 5 saturated carbocycles. The molecule has 1 heteroatoms. The second-order valence-electron chi connectivity index (χ2n) is 19.5. The van der Waals surface area contributed by atoms with E-state index in [1.54, 1.807) is 25.7 Å². The van der Waals surface area contributed by atoms with Gasteiger partial charge in [-0.1, -0.05) is 121 Å². The Hall–Kier alpha value is -0.0400. The molecule has 0 aromatic carbocycles. The molecule has 5 fully saturated rings. The highest BCUT2D eigenvalue weighted by Crippen LogP contribution is 2.69. The van der Waals surface area contributed by atoms with Crippen LogP contribution in [0, 0.1) is 100 Å². The second-order valence-corrected chi connectivity index (χ2v) is 19.5. The highest BCUT2D eigenvalue weighted by molar-refractivity contribution is 5.12. The molecule has 5 rings (SSSR count). The van der Waals surface area contributed by atoms with Crippen molar-refractivity contribution in [2.24, 2.45) is 106 Å². The molecular formula is C44H81N. The lowest BCUT2D eigenvalue weighted by Crippen LogP contribution is -2.50. The van der Waals surface area contributed by atoms with Gasteiger partial charge in [-0.3, -0.25) is 0 Å². The van der Waals surface area contributed by atoms with Gasteiger partial charge in [0.2, 0.25) is 0 Å². The molecule has 2 N–H and O–H groups in total. The zero-order chi connectivity index (χ0) is 32.6. The monoisotopic (exact) mass is 624 g/mol. The normalized spacial score (nSPS) is 49.0. The second kappa shape index (κ2) is 15.2. The van der Waals surface area contributed by atoms with E-state index < -0.39 is 0 Å². The lowest BCUT2D eigenvalue weighted by molar-refractivity contribution is -0.0700. The number of rotatable bonds is 17. The number of hydrogen-bond donors (Lipinski definition) is 1. The number of nitrogens with two attached hydrogens (primary N) is 1. The van der Waals surface area contributed by atoms with Gasteiger partial charge in [0.05, 0.1) is 0 Å². The van der Waals surface area contributed by atoms with Crippen molar-refractivity contribution in [3.8, 4) is 0 Å². The molecule has 5 aliphatic rings. The first-order valence-corrected chi connectivity index (χ1v) is 21.2. The van der Waals surface area contributed by atoms with Crippen LogP contribution in [0.4, 0.5) is 0 Å². The summed E-state index contributed by atoms with van der Waals surface area (Å²) in [5.41, 5.74) is 7.70. The molecule has 0 heterocycles. The van der Waals surface area contributed by atoms with E-state index in [1.807, 2.05) is 0 Å². The van der Waals surface area contributed by atoms with Gasteiger partial charge in [0, 0.05) is 6.04 Å². The van der Waals surface area contributed by atoms with Crippen molar-refractivity contribution in [3.63, 3.8) is 0 Å². The highest BCUT2D eigenvalue weighted by Gasteiger charge is 2.64. The molecule has 0 spiro atoms. The number of hydrogen-bond acceptors (Lipinski definition) is 1. The summed E-state index contributed by atoms with van der Waals surface area (Å²) in [5.74, 6) is 15.2. The Kier molecular flexibility index (Phi) is 12.3. The van der Waals surface area contributed by atoms with Crippen LogP contribution in [0.5, 0.6) is 0 Å². The van der Waals surface area contributed by atoms with Crippen LogP contribution in [0.3, 0.4) is 0 Å². The summed E-state index contributed by atoms with van der Waals surface area (Å²) < 4.78 is 0. The minimum absolute atomic E-state index is 0.428. The van der Waals surface area contributed by atoms with E-state index in [2.05, 4.69) is 69.2 Å². The molecule has 0 aliphatic heterocycles. The first-order valence-electron chi connectivity index (χ1n) is 21.2. The van der Waals surface area contributed by atoms with Crippen LogP contribution in [-0.4, -0.2) is 6.04 Å². The maximum absolute atomic E-state index is 7.02. The standard InChI is InChI=1S/C44H81N/c1-11-14-15-16-17-18-19-39(45)37(12-2)41-32(9)43(41)42-31(8)30(7)40(42)38-24-36(28(5)29(38)6)22-33-20-27(4)35(21-33)23-34-25-44(10,13-3)26-34/h27-43H,11-26,45H2,1-10H3/t27-,28-,29-,30-,31-,32?,33?,34?,35-,36+,37-,38?,39?,40?,41?,42?,43?,44?/m1/s1. The van der Waals surface area contributed by atoms with Crippen LogP contribution in [-0.2, 0) is 0 Å². The summed E-state index contributed by atoms with van der Waals surface area (Å²) in [6, 6.07) is 0.428. The van der Waals surface area contributed by atoms with Gasteiger partial charge >= 0.3 is 0 Å². The average molecular weight is 624 g/mol. The third-order valence-corrected chi connectivity index (χ3v) is 17.0. The largest absolute Gasteiger partial charge is 0.327 e. The van der Waals surface area contributed by atoms with Crippen LogP contribution in [0.15, 0.2) is 0 Å². The van der Waals surface area contributed by atoms with Crippen molar-refractivity contribution in [1.82, 2.24) is 0 Å². The van der Waals surface area contributed by atoms with Crippen molar-refractivity contribution in [2.45, 2.75) is 178 Å². The summed E-state index contributed by atoms with van der Waals surface area (Å²) >= 11 is 0. The summed E-state index contributed by atoms with van der Waals surface area (Å²) in [6.45, 7) is 25.6. The predicted molar refractivity (Wildman–Crippen MR) is 197 cm³/mol. The third-order valence-electron chi connectivity index (χ3n) is 17.0. The molecule has 0 amide bonds. The fourth-order valence-corrected chi connectivity index (χ4v) is 13.6. The Morgan fingerprint density at radius 2 is 1.29 bits per heavy atom. The van der Waals surface area contributed by atoms with Crippen molar-refractivity contribution < 1.29 is 0 Å². The lowest BCUT2D eigenvalue weighted by atomic mass is 9.50. The molecule has 262 valence electrons. The zero-order valence-electron chi connectivity index (χ0n) is 32.2. The van der Waals surface area contributed by atoms with Crippen molar-refractivity contribution in [3.05, 3.63) is 0 Å². The molecule has 1 nitrogen and oxygen atoms in total. The quantitative estimate of drug-likeness (QED) is 0.160. The molecule has 45 heavy (non-hydrogen) atoms. The minimum Gasteiger partial charge on any atom is -0.327 e. The summed E-state index contributed by atoms with van der Waals surface area (Å²) in [5, 5.41) is 0. The zero-order valence-corrected chi connectivity index (χ0v) is 32.2. The SMILES string of the molecule is CCCCCCCCC(N)[C@@H](CC)C1C(C)C1C1C(C2C[C@H](CC3C[C@H](CC4CC(C)(CC)C4)[C@H](C)C3)[C@H](C)[C@H]2C)[C@H](C)[C@H]1C. The van der Waals surface area contributed by atoms with Crippen LogP contribution in [0.25, 0.3) is 0 Å². The molecule has 0 saturated heterocycles. The summed E-state index contributed by atoms with van der Waals surface area (Å²) in [4.78, 5) is 0. The van der Waals surface area contributed by atoms with Gasteiger partial charge in [0.1, 0.15) is 0 Å². The van der Waals surface area contributed by atoms with Crippen molar-refractivity contribution >= 4 is 0 Å². The summed E-state index contributed by atoms with van der Waals surface area (Å²) in [7, 11) is 0. The number of unbranched alkanes of at least 4 members (excludes halogenated alkanes) is 5. The van der Waals surface area contributed by atoms with Gasteiger partial charge in [-0.25, -0.2) is 0 Å². The molecule has 0 aromatic rings. The van der Waals surface area contributed by atoms with Gasteiger partial charge in [-0.2, -0.15) is 0 Å². The van der Waals surface area contributed by atoms with Gasteiger partial charge < -0.3 is 5.73 Å². The Bertz CT molecular complexity index is 903. The van der Waals surface area contributed by atoms with Crippen molar-refractivity contribution in [1.29, 1.82) is 0 Å². The molecule has 0 aromatic heterocycles. The predicted octanol–water partition coefficient (Wildman–Crippen LogP) is 12.7.